The zero-order valence-corrected chi connectivity index (χ0v) is 14.2. The molecule has 1 N–H and O–H groups in total. The van der Waals surface area contributed by atoms with Gasteiger partial charge in [-0.3, -0.25) is 13.7 Å². The Morgan fingerprint density at radius 1 is 1.09 bits per heavy atom. The number of hydrogen-bond donors (Lipinski definition) is 1. The number of benzene rings is 2. The van der Waals surface area contributed by atoms with Gasteiger partial charge < -0.3 is 0 Å². The van der Waals surface area contributed by atoms with Gasteiger partial charge in [-0.15, -0.1) is 0 Å². The van der Waals surface area contributed by atoms with Crippen molar-refractivity contribution in [3.63, 3.8) is 0 Å². The first-order valence-electron chi connectivity index (χ1n) is 6.73. The normalized spacial score (nSPS) is 11.9. The molecule has 2 aromatic rings. The summed E-state index contributed by atoms with van der Waals surface area (Å²) in [4.78, 5) is 11.6. The number of rotatable bonds is 7. The maximum Gasteiger partial charge on any atom is 0.261 e. The summed E-state index contributed by atoms with van der Waals surface area (Å²) in [5, 5.41) is 0.260. The van der Waals surface area contributed by atoms with Crippen molar-refractivity contribution in [3.8, 4) is 0 Å². The molecule has 0 fully saturated rings. The fourth-order valence-electron chi connectivity index (χ4n) is 2.06. The molecule has 4 nitrogen and oxygen atoms in total. The molecular formula is C16H16BrNO3S. The van der Waals surface area contributed by atoms with E-state index >= 15 is 0 Å². The molecule has 0 heterocycles. The molecule has 0 radical (unpaired) electrons. The summed E-state index contributed by atoms with van der Waals surface area (Å²) in [6.45, 7) is 0.416. The van der Waals surface area contributed by atoms with Crippen LogP contribution in [0.1, 0.15) is 15.9 Å². The van der Waals surface area contributed by atoms with E-state index in [1.54, 1.807) is 24.3 Å². The van der Waals surface area contributed by atoms with Gasteiger partial charge in [-0.05, 0) is 36.2 Å². The van der Waals surface area contributed by atoms with Gasteiger partial charge >= 0.3 is 0 Å². The Morgan fingerprint density at radius 3 is 2.27 bits per heavy atom. The van der Waals surface area contributed by atoms with Crippen LogP contribution in [0.25, 0.3) is 0 Å². The molecule has 6 heteroatoms. The van der Waals surface area contributed by atoms with Crippen LogP contribution in [-0.2, 0) is 17.7 Å². The lowest BCUT2D eigenvalue weighted by Crippen LogP contribution is -2.27. The molecule has 0 bridgehead atoms. The molecule has 1 unspecified atom stereocenters. The first-order valence-corrected chi connectivity index (χ1v) is 8.92. The molecule has 0 spiro atoms. The Hall–Kier alpha value is -1.50. The highest BCUT2D eigenvalue weighted by atomic mass is 79.9. The number of Topliss-reactive ketones (excluding diaryl/α,β-unsaturated/α-hetero) is 1. The second kappa shape index (κ2) is 8.22. The van der Waals surface area contributed by atoms with Crippen LogP contribution in [0.4, 0.5) is 5.69 Å². The van der Waals surface area contributed by atoms with E-state index in [-0.39, 0.29) is 11.1 Å². The lowest BCUT2D eigenvalue weighted by molar-refractivity contribution is 0.102. The monoisotopic (exact) mass is 381 g/mol. The van der Waals surface area contributed by atoms with Crippen LogP contribution in [-0.4, -0.2) is 26.4 Å². The van der Waals surface area contributed by atoms with E-state index in [1.807, 2.05) is 30.3 Å². The maximum absolute atomic E-state index is 11.6. The topological polar surface area (TPSA) is 57.6 Å². The third-order valence-corrected chi connectivity index (χ3v) is 4.51. The minimum absolute atomic E-state index is 0.0208. The number of carbonyl (C=O) groups is 1. The average molecular weight is 382 g/mol. The van der Waals surface area contributed by atoms with Gasteiger partial charge in [-0.25, -0.2) is 4.21 Å². The summed E-state index contributed by atoms with van der Waals surface area (Å²) >= 11 is 1.02. The van der Waals surface area contributed by atoms with Gasteiger partial charge in [0.05, 0.1) is 11.0 Å². The average Bonchev–Trinajstić information content (AvgIpc) is 2.55. The van der Waals surface area contributed by atoms with Gasteiger partial charge in [0.1, 0.15) is 0 Å². The van der Waals surface area contributed by atoms with Crippen molar-refractivity contribution in [1.82, 2.24) is 0 Å². The predicted octanol–water partition coefficient (Wildman–Crippen LogP) is 3.45. The number of carbonyl (C=O) groups excluding carboxylic acids is 1. The van der Waals surface area contributed by atoms with Gasteiger partial charge in [-0.1, -0.05) is 46.3 Å². The molecule has 116 valence electrons. The molecule has 0 saturated carbocycles. The minimum Gasteiger partial charge on any atom is -0.293 e. The highest BCUT2D eigenvalue weighted by molar-refractivity contribution is 9.09. The van der Waals surface area contributed by atoms with Crippen molar-refractivity contribution < 1.29 is 13.6 Å². The van der Waals surface area contributed by atoms with Crippen molar-refractivity contribution >= 4 is 38.7 Å². The number of anilines is 1. The summed E-state index contributed by atoms with van der Waals surface area (Å²) in [6, 6.07) is 16.5. The van der Waals surface area contributed by atoms with Gasteiger partial charge in [0.15, 0.2) is 5.78 Å². The van der Waals surface area contributed by atoms with Crippen molar-refractivity contribution in [3.05, 3.63) is 65.7 Å². The number of hydrogen-bond acceptors (Lipinski definition) is 2. The van der Waals surface area contributed by atoms with Crippen LogP contribution < -0.4 is 4.31 Å². The number of ketones is 1. The third-order valence-electron chi connectivity index (χ3n) is 3.23. The zero-order valence-electron chi connectivity index (χ0n) is 11.8. The molecule has 0 aliphatic heterocycles. The Kier molecular flexibility index (Phi) is 6.30. The van der Waals surface area contributed by atoms with Crippen molar-refractivity contribution in [2.75, 3.05) is 16.2 Å². The summed E-state index contributed by atoms with van der Waals surface area (Å²) in [5.74, 6) is -0.0208. The largest absolute Gasteiger partial charge is 0.293 e. The van der Waals surface area contributed by atoms with E-state index in [4.69, 9.17) is 0 Å². The summed E-state index contributed by atoms with van der Waals surface area (Å²) < 4.78 is 22.4. The molecule has 0 aliphatic carbocycles. The van der Waals surface area contributed by atoms with Crippen molar-refractivity contribution in [2.24, 2.45) is 0 Å². The molecular weight excluding hydrogens is 366 g/mol. The van der Waals surface area contributed by atoms with E-state index in [0.717, 1.165) is 5.56 Å². The lowest BCUT2D eigenvalue weighted by atomic mass is 10.1. The first kappa shape index (κ1) is 16.9. The van der Waals surface area contributed by atoms with E-state index in [2.05, 4.69) is 15.9 Å². The molecule has 0 saturated heterocycles. The van der Waals surface area contributed by atoms with Gasteiger partial charge in [0.25, 0.3) is 11.3 Å². The van der Waals surface area contributed by atoms with E-state index < -0.39 is 11.3 Å². The van der Waals surface area contributed by atoms with Crippen LogP contribution in [0.3, 0.4) is 0 Å². The van der Waals surface area contributed by atoms with Gasteiger partial charge in [0.2, 0.25) is 0 Å². The Balaban J connectivity index is 2.11. The molecule has 22 heavy (non-hydrogen) atoms. The predicted molar refractivity (Wildman–Crippen MR) is 92.8 cm³/mol. The molecule has 0 amide bonds. The van der Waals surface area contributed by atoms with Crippen molar-refractivity contribution in [2.45, 2.75) is 6.42 Å². The lowest BCUT2D eigenvalue weighted by Gasteiger charge is -2.20. The van der Waals surface area contributed by atoms with Gasteiger partial charge in [-0.2, -0.15) is 0 Å². The van der Waals surface area contributed by atoms with Crippen LogP contribution in [0.15, 0.2) is 54.6 Å². The Bertz CT molecular complexity index is 646. The van der Waals surface area contributed by atoms with E-state index in [9.17, 15) is 13.6 Å². The minimum atomic E-state index is -2.11. The van der Waals surface area contributed by atoms with Crippen LogP contribution >= 0.6 is 15.9 Å². The zero-order chi connectivity index (χ0) is 15.9. The fourth-order valence-corrected chi connectivity index (χ4v) is 2.94. The second-order valence-corrected chi connectivity index (χ2v) is 6.14. The standard InChI is InChI=1S/C16H16BrNO3S/c17-12-16(19)14-6-8-15(9-7-14)18(22(20)21)11-10-13-4-2-1-3-5-13/h1-9H,10-12H2,(H,20,21). The van der Waals surface area contributed by atoms with Crippen LogP contribution in [0.2, 0.25) is 0 Å². The van der Waals surface area contributed by atoms with Crippen molar-refractivity contribution in [1.29, 1.82) is 0 Å². The highest BCUT2D eigenvalue weighted by Gasteiger charge is 2.13. The maximum atomic E-state index is 11.6. The van der Waals surface area contributed by atoms with E-state index in [1.165, 1.54) is 4.31 Å². The highest BCUT2D eigenvalue weighted by Crippen LogP contribution is 2.18. The number of alkyl halides is 1. The second-order valence-electron chi connectivity index (χ2n) is 4.67. The molecule has 2 aromatic carbocycles. The van der Waals surface area contributed by atoms with Gasteiger partial charge in [0, 0.05) is 12.1 Å². The SMILES string of the molecule is O=C(CBr)c1ccc(N(CCc2ccccc2)S(=O)O)cc1. The van der Waals surface area contributed by atoms with E-state index in [0.29, 0.717) is 24.2 Å². The number of halogens is 1. The summed E-state index contributed by atoms with van der Waals surface area (Å²) in [5.41, 5.74) is 2.29. The van der Waals surface area contributed by atoms with Crippen LogP contribution in [0, 0.1) is 0 Å². The fraction of sp³-hybridized carbons (Fsp3) is 0.188. The first-order chi connectivity index (χ1) is 10.6. The summed E-state index contributed by atoms with van der Waals surface area (Å²) in [6.07, 6.45) is 0.662. The van der Waals surface area contributed by atoms with Crippen LogP contribution in [0.5, 0.6) is 0 Å². The molecule has 0 aliphatic rings. The molecule has 1 atom stereocenters. The quantitative estimate of drug-likeness (QED) is 0.453. The Labute approximate surface area is 140 Å². The molecule has 2 rings (SSSR count). The smallest absolute Gasteiger partial charge is 0.261 e. The summed E-state index contributed by atoms with van der Waals surface area (Å²) in [7, 11) is 0. The number of nitrogens with zero attached hydrogens (tertiary/aromatic N) is 1. The molecule has 0 aromatic heterocycles. The third kappa shape index (κ3) is 4.50. The Morgan fingerprint density at radius 2 is 1.73 bits per heavy atom.